The summed E-state index contributed by atoms with van der Waals surface area (Å²) < 4.78 is 0. The van der Waals surface area contributed by atoms with Crippen LogP contribution in [-0.4, -0.2) is 12.5 Å². The number of rotatable bonds is 4. The molecule has 0 bridgehead atoms. The van der Waals surface area contributed by atoms with Gasteiger partial charge in [0.1, 0.15) is 0 Å². The largest absolute Gasteiger partial charge is 0.309 e. The number of carbonyl (C=O) groups excluding carboxylic acids is 1. The van der Waals surface area contributed by atoms with Gasteiger partial charge >= 0.3 is 0 Å². The monoisotopic (exact) mass is 266 g/mol. The van der Waals surface area contributed by atoms with Crippen LogP contribution in [0.5, 0.6) is 0 Å². The third-order valence-corrected chi connectivity index (χ3v) is 2.90. The number of anilines is 1. The van der Waals surface area contributed by atoms with Crippen LogP contribution < -0.4 is 4.90 Å². The molecule has 2 aromatic carbocycles. The summed E-state index contributed by atoms with van der Waals surface area (Å²) in [5.74, 6) is -0.0776. The Balaban J connectivity index is 2.27. The van der Waals surface area contributed by atoms with Crippen molar-refractivity contribution in [1.29, 1.82) is 0 Å². The first-order valence-electron chi connectivity index (χ1n) is 6.28. The molecule has 100 valence electrons. The molecule has 0 saturated carbocycles. The van der Waals surface area contributed by atoms with Gasteiger partial charge in [-0.2, -0.15) is 0 Å². The third-order valence-electron chi connectivity index (χ3n) is 2.90. The summed E-state index contributed by atoms with van der Waals surface area (Å²) in [6.07, 6.45) is 0. The molecule has 0 radical (unpaired) electrons. The minimum Gasteiger partial charge on any atom is -0.309 e. The van der Waals surface area contributed by atoms with Crippen LogP contribution in [0, 0.1) is 0 Å². The van der Waals surface area contributed by atoms with E-state index in [1.54, 1.807) is 29.2 Å². The molecule has 0 aromatic heterocycles. The normalized spacial score (nSPS) is 9.65. The molecule has 0 heterocycles. The highest BCUT2D eigenvalue weighted by molar-refractivity contribution is 6.06. The van der Waals surface area contributed by atoms with E-state index in [4.69, 9.17) is 5.53 Å². The lowest BCUT2D eigenvalue weighted by molar-refractivity contribution is 0.0988. The Labute approximate surface area is 117 Å². The van der Waals surface area contributed by atoms with Gasteiger partial charge in [0.05, 0.1) is 0 Å². The average molecular weight is 266 g/mol. The fraction of sp³-hybridized carbons (Fsp3) is 0.133. The number of amides is 1. The minimum absolute atomic E-state index is 0.0776. The standard InChI is InChI=1S/C15H14N4O/c1-2-19(14-6-4-3-5-7-14)15(20)12-8-10-13(11-9-12)17-18-16/h3-11H,2H2,1H3. The van der Waals surface area contributed by atoms with Crippen molar-refractivity contribution in [2.75, 3.05) is 11.4 Å². The van der Waals surface area contributed by atoms with E-state index in [1.807, 2.05) is 37.3 Å². The van der Waals surface area contributed by atoms with Gasteiger partial charge in [-0.15, -0.1) is 0 Å². The summed E-state index contributed by atoms with van der Waals surface area (Å²) in [5, 5.41) is 3.49. The van der Waals surface area contributed by atoms with Gasteiger partial charge in [0.25, 0.3) is 5.91 Å². The van der Waals surface area contributed by atoms with Crippen molar-refractivity contribution in [1.82, 2.24) is 0 Å². The molecule has 0 aliphatic heterocycles. The molecular weight excluding hydrogens is 252 g/mol. The lowest BCUT2D eigenvalue weighted by atomic mass is 10.1. The zero-order valence-corrected chi connectivity index (χ0v) is 11.1. The van der Waals surface area contributed by atoms with Crippen LogP contribution >= 0.6 is 0 Å². The van der Waals surface area contributed by atoms with E-state index in [-0.39, 0.29) is 5.91 Å². The van der Waals surface area contributed by atoms with Crippen molar-refractivity contribution in [3.8, 4) is 0 Å². The second-order valence-corrected chi connectivity index (χ2v) is 4.12. The molecule has 0 saturated heterocycles. The fourth-order valence-corrected chi connectivity index (χ4v) is 1.93. The summed E-state index contributed by atoms with van der Waals surface area (Å²) in [6.45, 7) is 2.51. The van der Waals surface area contributed by atoms with E-state index in [1.165, 1.54) is 0 Å². The maximum atomic E-state index is 12.5. The van der Waals surface area contributed by atoms with Crippen LogP contribution in [-0.2, 0) is 0 Å². The van der Waals surface area contributed by atoms with E-state index >= 15 is 0 Å². The Morgan fingerprint density at radius 1 is 1.15 bits per heavy atom. The van der Waals surface area contributed by atoms with Crippen LogP contribution in [0.3, 0.4) is 0 Å². The van der Waals surface area contributed by atoms with Crippen LogP contribution in [0.15, 0.2) is 59.7 Å². The average Bonchev–Trinajstić information content (AvgIpc) is 2.50. The van der Waals surface area contributed by atoms with Crippen LogP contribution in [0.1, 0.15) is 17.3 Å². The van der Waals surface area contributed by atoms with Crippen molar-refractivity contribution >= 4 is 17.3 Å². The van der Waals surface area contributed by atoms with Gasteiger partial charge in [0, 0.05) is 28.4 Å². The first-order valence-corrected chi connectivity index (χ1v) is 6.28. The summed E-state index contributed by atoms with van der Waals surface area (Å²) in [5.41, 5.74) is 10.3. The number of nitrogens with zero attached hydrogens (tertiary/aromatic N) is 4. The van der Waals surface area contributed by atoms with Gasteiger partial charge in [-0.05, 0) is 36.7 Å². The van der Waals surface area contributed by atoms with Gasteiger partial charge in [-0.3, -0.25) is 4.79 Å². The quantitative estimate of drug-likeness (QED) is 0.462. The smallest absolute Gasteiger partial charge is 0.258 e. The van der Waals surface area contributed by atoms with E-state index in [2.05, 4.69) is 10.0 Å². The molecule has 0 atom stereocenters. The van der Waals surface area contributed by atoms with E-state index in [0.29, 0.717) is 17.8 Å². The molecule has 0 fully saturated rings. The Hall–Kier alpha value is -2.78. The van der Waals surface area contributed by atoms with Gasteiger partial charge in [0.15, 0.2) is 0 Å². The third kappa shape index (κ3) is 2.96. The number of para-hydroxylation sites is 1. The number of carbonyl (C=O) groups is 1. The molecular formula is C15H14N4O. The number of hydrogen-bond donors (Lipinski definition) is 0. The van der Waals surface area contributed by atoms with Crippen molar-refractivity contribution < 1.29 is 4.79 Å². The number of azide groups is 1. The molecule has 2 rings (SSSR count). The molecule has 0 spiro atoms. The number of hydrogen-bond acceptors (Lipinski definition) is 2. The maximum Gasteiger partial charge on any atom is 0.258 e. The van der Waals surface area contributed by atoms with Crippen molar-refractivity contribution in [3.05, 3.63) is 70.6 Å². The Bertz CT molecular complexity index is 631. The van der Waals surface area contributed by atoms with E-state index in [9.17, 15) is 4.79 Å². The van der Waals surface area contributed by atoms with Crippen LogP contribution in [0.4, 0.5) is 11.4 Å². The second kappa shape index (κ2) is 6.41. The SMILES string of the molecule is CCN(C(=O)c1ccc(N=[N+]=[N-])cc1)c1ccccc1. The first-order chi connectivity index (χ1) is 9.76. The van der Waals surface area contributed by atoms with Crippen molar-refractivity contribution in [3.63, 3.8) is 0 Å². The molecule has 0 N–H and O–H groups in total. The minimum atomic E-state index is -0.0776. The molecule has 0 aliphatic rings. The molecule has 0 unspecified atom stereocenters. The molecule has 20 heavy (non-hydrogen) atoms. The maximum absolute atomic E-state index is 12.5. The van der Waals surface area contributed by atoms with Crippen LogP contribution in [0.2, 0.25) is 0 Å². The highest BCUT2D eigenvalue weighted by atomic mass is 16.2. The Morgan fingerprint density at radius 2 is 1.80 bits per heavy atom. The zero-order chi connectivity index (χ0) is 14.4. The van der Waals surface area contributed by atoms with Crippen molar-refractivity contribution in [2.45, 2.75) is 6.92 Å². The van der Waals surface area contributed by atoms with E-state index < -0.39 is 0 Å². The van der Waals surface area contributed by atoms with E-state index in [0.717, 1.165) is 5.69 Å². The highest BCUT2D eigenvalue weighted by Crippen LogP contribution is 2.19. The lowest BCUT2D eigenvalue weighted by Gasteiger charge is -2.21. The van der Waals surface area contributed by atoms with Crippen molar-refractivity contribution in [2.24, 2.45) is 5.11 Å². The zero-order valence-electron chi connectivity index (χ0n) is 11.1. The molecule has 2 aromatic rings. The van der Waals surface area contributed by atoms with Crippen LogP contribution in [0.25, 0.3) is 10.4 Å². The highest BCUT2D eigenvalue weighted by Gasteiger charge is 2.15. The number of benzene rings is 2. The lowest BCUT2D eigenvalue weighted by Crippen LogP contribution is -2.30. The Kier molecular flexibility index (Phi) is 4.37. The van der Waals surface area contributed by atoms with Gasteiger partial charge < -0.3 is 4.90 Å². The molecule has 1 amide bonds. The summed E-state index contributed by atoms with van der Waals surface area (Å²) in [6, 6.07) is 16.1. The predicted octanol–water partition coefficient (Wildman–Crippen LogP) is 4.30. The summed E-state index contributed by atoms with van der Waals surface area (Å²) in [7, 11) is 0. The molecule has 0 aliphatic carbocycles. The van der Waals surface area contributed by atoms with Gasteiger partial charge in [-0.25, -0.2) is 0 Å². The second-order valence-electron chi connectivity index (χ2n) is 4.12. The predicted molar refractivity (Wildman–Crippen MR) is 79.0 cm³/mol. The molecule has 5 nitrogen and oxygen atoms in total. The first kappa shape index (κ1) is 13.6. The van der Waals surface area contributed by atoms with Gasteiger partial charge in [0.2, 0.25) is 0 Å². The molecule has 5 heteroatoms. The fourth-order valence-electron chi connectivity index (χ4n) is 1.93. The topological polar surface area (TPSA) is 69.1 Å². The Morgan fingerprint density at radius 3 is 2.35 bits per heavy atom. The van der Waals surface area contributed by atoms with Gasteiger partial charge in [-0.1, -0.05) is 35.4 Å². The summed E-state index contributed by atoms with van der Waals surface area (Å²) in [4.78, 5) is 16.9. The summed E-state index contributed by atoms with van der Waals surface area (Å²) >= 11 is 0.